The van der Waals surface area contributed by atoms with Gasteiger partial charge in [0.1, 0.15) is 5.82 Å². The molecule has 1 heterocycles. The topological polar surface area (TPSA) is 30.5 Å². The molecule has 0 unspecified atom stereocenters. The maximum atomic E-state index is 14.4. The van der Waals surface area contributed by atoms with Crippen LogP contribution in [0.4, 0.5) is 10.1 Å². The van der Waals surface area contributed by atoms with Crippen molar-refractivity contribution in [2.24, 2.45) is 5.92 Å². The van der Waals surface area contributed by atoms with Gasteiger partial charge in [-0.1, -0.05) is 36.4 Å². The van der Waals surface area contributed by atoms with Crippen molar-refractivity contribution >= 4 is 5.69 Å². The SMILES string of the molecule is COc1cccc([C@@H]2Nc3c(F)cccc3[C@@H]3C=CC[C@@H]32)c1OC. The summed E-state index contributed by atoms with van der Waals surface area (Å²) in [4.78, 5) is 0. The van der Waals surface area contributed by atoms with Gasteiger partial charge in [-0.05, 0) is 30.0 Å². The minimum atomic E-state index is -0.210. The number of benzene rings is 2. The number of methoxy groups -OCH3 is 2. The second kappa shape index (κ2) is 5.86. The smallest absolute Gasteiger partial charge is 0.165 e. The first-order valence-corrected chi connectivity index (χ1v) is 8.17. The first kappa shape index (κ1) is 15.1. The van der Waals surface area contributed by atoms with Gasteiger partial charge in [-0.2, -0.15) is 0 Å². The standard InChI is InChI=1S/C20H20FNO2/c1-23-17-11-5-9-15(20(17)24-2)18-13-7-3-6-12(13)14-8-4-10-16(21)19(14)22-18/h3-6,8-13,18,22H,7H2,1-2H3/t12-,13+,18-/m1/s1. The maximum Gasteiger partial charge on any atom is 0.165 e. The van der Waals surface area contributed by atoms with E-state index in [1.165, 1.54) is 6.07 Å². The van der Waals surface area contributed by atoms with Crippen LogP contribution in [0.25, 0.3) is 0 Å². The maximum absolute atomic E-state index is 14.4. The first-order chi connectivity index (χ1) is 11.7. The van der Waals surface area contributed by atoms with Crippen molar-refractivity contribution in [1.29, 1.82) is 0 Å². The van der Waals surface area contributed by atoms with Crippen LogP contribution < -0.4 is 14.8 Å². The highest BCUT2D eigenvalue weighted by Gasteiger charge is 2.40. The summed E-state index contributed by atoms with van der Waals surface area (Å²) in [7, 11) is 3.27. The number of halogens is 1. The second-order valence-corrected chi connectivity index (χ2v) is 6.26. The van der Waals surface area contributed by atoms with Crippen molar-refractivity contribution in [3.63, 3.8) is 0 Å². The first-order valence-electron chi connectivity index (χ1n) is 8.17. The number of rotatable bonds is 3. The summed E-state index contributed by atoms with van der Waals surface area (Å²) in [5.74, 6) is 1.75. The number of para-hydroxylation sites is 2. The van der Waals surface area contributed by atoms with Crippen molar-refractivity contribution < 1.29 is 13.9 Å². The number of nitrogens with one attached hydrogen (secondary N) is 1. The molecule has 2 aromatic rings. The summed E-state index contributed by atoms with van der Waals surface area (Å²) >= 11 is 0. The van der Waals surface area contributed by atoms with E-state index in [1.807, 2.05) is 24.3 Å². The highest BCUT2D eigenvalue weighted by Crippen LogP contribution is 2.52. The van der Waals surface area contributed by atoms with Gasteiger partial charge in [-0.3, -0.25) is 0 Å². The van der Waals surface area contributed by atoms with Gasteiger partial charge in [0.15, 0.2) is 11.5 Å². The highest BCUT2D eigenvalue weighted by molar-refractivity contribution is 5.62. The van der Waals surface area contributed by atoms with Crippen LogP contribution in [-0.2, 0) is 0 Å². The van der Waals surface area contributed by atoms with E-state index >= 15 is 0 Å². The van der Waals surface area contributed by atoms with Gasteiger partial charge < -0.3 is 14.8 Å². The molecule has 0 fully saturated rings. The van der Waals surface area contributed by atoms with E-state index in [9.17, 15) is 4.39 Å². The van der Waals surface area contributed by atoms with Crippen LogP contribution in [0.1, 0.15) is 29.5 Å². The molecule has 0 bridgehead atoms. The Labute approximate surface area is 141 Å². The molecule has 4 rings (SSSR count). The quantitative estimate of drug-likeness (QED) is 0.832. The lowest BCUT2D eigenvalue weighted by Crippen LogP contribution is -2.30. The van der Waals surface area contributed by atoms with E-state index in [2.05, 4.69) is 17.5 Å². The molecule has 4 heteroatoms. The number of allylic oxidation sites excluding steroid dienone is 2. The van der Waals surface area contributed by atoms with Crippen LogP contribution in [0.15, 0.2) is 48.6 Å². The van der Waals surface area contributed by atoms with Gasteiger partial charge in [-0.15, -0.1) is 0 Å². The molecule has 2 aliphatic rings. The van der Waals surface area contributed by atoms with Crippen LogP contribution in [0, 0.1) is 11.7 Å². The molecule has 3 atom stereocenters. The minimum absolute atomic E-state index is 0.0283. The molecule has 1 aliphatic carbocycles. The largest absolute Gasteiger partial charge is 0.493 e. The summed E-state index contributed by atoms with van der Waals surface area (Å²) in [6, 6.07) is 11.1. The van der Waals surface area contributed by atoms with E-state index in [4.69, 9.17) is 9.47 Å². The lowest BCUT2D eigenvalue weighted by Gasteiger charge is -2.38. The third kappa shape index (κ3) is 2.17. The summed E-state index contributed by atoms with van der Waals surface area (Å²) in [5, 5.41) is 3.43. The molecule has 0 aromatic heterocycles. The van der Waals surface area contributed by atoms with E-state index in [-0.39, 0.29) is 17.8 Å². The fourth-order valence-corrected chi connectivity index (χ4v) is 4.05. The minimum Gasteiger partial charge on any atom is -0.493 e. The fraction of sp³-hybridized carbons (Fsp3) is 0.300. The summed E-state index contributed by atoms with van der Waals surface area (Å²) in [6.07, 6.45) is 5.35. The Morgan fingerprint density at radius 3 is 2.62 bits per heavy atom. The molecule has 0 saturated carbocycles. The zero-order valence-corrected chi connectivity index (χ0v) is 13.8. The number of hydrogen-bond donors (Lipinski definition) is 1. The molecule has 0 radical (unpaired) electrons. The number of hydrogen-bond acceptors (Lipinski definition) is 3. The lowest BCUT2D eigenvalue weighted by atomic mass is 9.76. The molecular formula is C20H20FNO2. The predicted molar refractivity (Wildman–Crippen MR) is 92.3 cm³/mol. The molecule has 0 spiro atoms. The Kier molecular flexibility index (Phi) is 3.68. The molecule has 0 saturated heterocycles. The third-order valence-corrected chi connectivity index (χ3v) is 5.11. The Bertz CT molecular complexity index is 802. The molecule has 124 valence electrons. The van der Waals surface area contributed by atoms with Crippen LogP contribution in [0.2, 0.25) is 0 Å². The van der Waals surface area contributed by atoms with Crippen molar-refractivity contribution in [2.75, 3.05) is 19.5 Å². The van der Waals surface area contributed by atoms with E-state index < -0.39 is 0 Å². The summed E-state index contributed by atoms with van der Waals surface area (Å²) in [5.41, 5.74) is 2.64. The molecule has 24 heavy (non-hydrogen) atoms. The average molecular weight is 325 g/mol. The van der Waals surface area contributed by atoms with Gasteiger partial charge in [-0.25, -0.2) is 4.39 Å². The second-order valence-electron chi connectivity index (χ2n) is 6.26. The molecule has 0 amide bonds. The normalized spacial score (nSPS) is 24.0. The lowest BCUT2D eigenvalue weighted by molar-refractivity contribution is 0.340. The van der Waals surface area contributed by atoms with Crippen molar-refractivity contribution in [1.82, 2.24) is 0 Å². The molecule has 2 aromatic carbocycles. The highest BCUT2D eigenvalue weighted by atomic mass is 19.1. The fourth-order valence-electron chi connectivity index (χ4n) is 4.05. The molecule has 1 aliphatic heterocycles. The Balaban J connectivity index is 1.85. The van der Waals surface area contributed by atoms with Gasteiger partial charge >= 0.3 is 0 Å². The summed E-state index contributed by atoms with van der Waals surface area (Å²) in [6.45, 7) is 0. The molecule has 1 N–H and O–H groups in total. The number of anilines is 1. The van der Waals surface area contributed by atoms with Crippen molar-refractivity contribution in [2.45, 2.75) is 18.4 Å². The van der Waals surface area contributed by atoms with Crippen LogP contribution in [0.3, 0.4) is 0 Å². The Morgan fingerprint density at radius 2 is 1.83 bits per heavy atom. The van der Waals surface area contributed by atoms with Gasteiger partial charge in [0, 0.05) is 11.5 Å². The Morgan fingerprint density at radius 1 is 1.04 bits per heavy atom. The molecule has 3 nitrogen and oxygen atoms in total. The summed E-state index contributed by atoms with van der Waals surface area (Å²) < 4.78 is 25.4. The predicted octanol–water partition coefficient (Wildman–Crippen LogP) is 4.67. The Hall–Kier alpha value is -2.49. The van der Waals surface area contributed by atoms with Crippen LogP contribution in [-0.4, -0.2) is 14.2 Å². The average Bonchev–Trinajstić information content (AvgIpc) is 3.10. The van der Waals surface area contributed by atoms with Crippen molar-refractivity contribution in [3.05, 3.63) is 65.5 Å². The molecular weight excluding hydrogens is 305 g/mol. The third-order valence-electron chi connectivity index (χ3n) is 5.11. The van der Waals surface area contributed by atoms with Crippen molar-refractivity contribution in [3.8, 4) is 11.5 Å². The van der Waals surface area contributed by atoms with Gasteiger partial charge in [0.05, 0.1) is 25.9 Å². The monoisotopic (exact) mass is 325 g/mol. The number of fused-ring (bicyclic) bond motifs is 3. The van der Waals surface area contributed by atoms with E-state index in [1.54, 1.807) is 20.3 Å². The van der Waals surface area contributed by atoms with Gasteiger partial charge in [0.2, 0.25) is 0 Å². The van der Waals surface area contributed by atoms with Gasteiger partial charge in [0.25, 0.3) is 0 Å². The van der Waals surface area contributed by atoms with E-state index in [0.29, 0.717) is 23.1 Å². The van der Waals surface area contributed by atoms with E-state index in [0.717, 1.165) is 17.5 Å². The zero-order chi connectivity index (χ0) is 16.7. The zero-order valence-electron chi connectivity index (χ0n) is 13.8. The number of ether oxygens (including phenoxy) is 2. The van der Waals surface area contributed by atoms with Crippen LogP contribution >= 0.6 is 0 Å². The van der Waals surface area contributed by atoms with Crippen LogP contribution in [0.5, 0.6) is 11.5 Å².